The van der Waals surface area contributed by atoms with E-state index in [1.165, 1.54) is 0 Å². The molecule has 2 aromatic rings. The van der Waals surface area contributed by atoms with Gasteiger partial charge in [0.15, 0.2) is 11.5 Å². The summed E-state index contributed by atoms with van der Waals surface area (Å²) >= 11 is 0. The molecule has 1 saturated carbocycles. The van der Waals surface area contributed by atoms with Crippen molar-refractivity contribution in [2.75, 3.05) is 20.8 Å². The Bertz CT molecular complexity index is 1060. The lowest BCUT2D eigenvalue weighted by molar-refractivity contribution is -0.169. The minimum Gasteiger partial charge on any atom is -0.493 e. The van der Waals surface area contributed by atoms with Crippen molar-refractivity contribution in [3.63, 3.8) is 0 Å². The maximum Gasteiger partial charge on any atom is 0.315 e. The standard InChI is InChI=1S/C26H31NO6/c1-5-16(2)33-25(29)26(11-6-12-26)15-32-22-19(9-10-21(30-3)23(22)31-4)17-7-8-20-18(13-17)14-27-24(20)28/h7-10,13,16H,5-6,11-12,14-15H2,1-4H3,(H,27,28)/t16-/m1/s1. The molecule has 1 heterocycles. The molecule has 0 saturated heterocycles. The van der Waals surface area contributed by atoms with Gasteiger partial charge in [0.1, 0.15) is 12.0 Å². The molecule has 1 atom stereocenters. The van der Waals surface area contributed by atoms with Gasteiger partial charge in [-0.3, -0.25) is 9.59 Å². The van der Waals surface area contributed by atoms with Gasteiger partial charge in [-0.15, -0.1) is 0 Å². The van der Waals surface area contributed by atoms with Gasteiger partial charge in [0.25, 0.3) is 5.91 Å². The first-order chi connectivity index (χ1) is 15.9. The Morgan fingerprint density at radius 2 is 1.85 bits per heavy atom. The highest BCUT2D eigenvalue weighted by atomic mass is 16.6. The maximum absolute atomic E-state index is 12.9. The molecule has 1 fully saturated rings. The summed E-state index contributed by atoms with van der Waals surface area (Å²) in [4.78, 5) is 24.9. The van der Waals surface area contributed by atoms with E-state index in [0.717, 1.165) is 42.4 Å². The molecule has 2 aromatic carbocycles. The minimum atomic E-state index is -0.650. The summed E-state index contributed by atoms with van der Waals surface area (Å²) in [5, 5.41) is 2.85. The highest BCUT2D eigenvalue weighted by Gasteiger charge is 2.47. The van der Waals surface area contributed by atoms with E-state index in [1.807, 2.05) is 44.2 Å². The first-order valence-corrected chi connectivity index (χ1v) is 11.4. The Balaban J connectivity index is 1.68. The molecule has 0 bridgehead atoms. The van der Waals surface area contributed by atoms with Crippen LogP contribution in [0.1, 0.15) is 55.5 Å². The van der Waals surface area contributed by atoms with Crippen LogP contribution in [0.4, 0.5) is 0 Å². The molecular weight excluding hydrogens is 422 g/mol. The lowest BCUT2D eigenvalue weighted by Gasteiger charge is -2.39. The lowest BCUT2D eigenvalue weighted by atomic mass is 9.69. The second-order valence-corrected chi connectivity index (χ2v) is 8.78. The van der Waals surface area contributed by atoms with Gasteiger partial charge in [0.2, 0.25) is 5.75 Å². The first kappa shape index (κ1) is 23.0. The monoisotopic (exact) mass is 453 g/mol. The molecule has 7 nitrogen and oxygen atoms in total. The number of ether oxygens (including phenoxy) is 4. The van der Waals surface area contributed by atoms with Crippen molar-refractivity contribution >= 4 is 11.9 Å². The summed E-state index contributed by atoms with van der Waals surface area (Å²) in [6.45, 7) is 4.59. The van der Waals surface area contributed by atoms with Gasteiger partial charge in [-0.25, -0.2) is 0 Å². The van der Waals surface area contributed by atoms with Gasteiger partial charge in [-0.1, -0.05) is 19.4 Å². The van der Waals surface area contributed by atoms with E-state index in [-0.39, 0.29) is 24.6 Å². The Morgan fingerprint density at radius 1 is 1.09 bits per heavy atom. The lowest BCUT2D eigenvalue weighted by Crippen LogP contribution is -2.45. The molecule has 0 radical (unpaired) electrons. The van der Waals surface area contributed by atoms with E-state index < -0.39 is 5.41 Å². The zero-order valence-corrected chi connectivity index (χ0v) is 19.7. The van der Waals surface area contributed by atoms with Crippen LogP contribution in [0.3, 0.4) is 0 Å². The number of carbonyl (C=O) groups is 2. The van der Waals surface area contributed by atoms with Crippen LogP contribution in [0, 0.1) is 5.41 Å². The normalized spacial score (nSPS) is 16.8. The SMILES string of the molecule is CC[C@@H](C)OC(=O)C1(COc2c(-c3ccc4c(c3)CNC4=O)ccc(OC)c2OC)CCC1. The average Bonchev–Trinajstić information content (AvgIpc) is 3.17. The van der Waals surface area contributed by atoms with Crippen LogP contribution in [0.2, 0.25) is 0 Å². The zero-order valence-electron chi connectivity index (χ0n) is 19.7. The second-order valence-electron chi connectivity index (χ2n) is 8.78. The van der Waals surface area contributed by atoms with Crippen LogP contribution in [0.15, 0.2) is 30.3 Å². The number of hydrogen-bond donors (Lipinski definition) is 1. The summed E-state index contributed by atoms with van der Waals surface area (Å²) in [5.74, 6) is 1.26. The fraction of sp³-hybridized carbons (Fsp3) is 0.462. The van der Waals surface area contributed by atoms with Gasteiger partial charge in [0.05, 0.1) is 20.3 Å². The van der Waals surface area contributed by atoms with Gasteiger partial charge in [-0.05, 0) is 61.6 Å². The van der Waals surface area contributed by atoms with Gasteiger partial charge < -0.3 is 24.3 Å². The van der Waals surface area contributed by atoms with Crippen LogP contribution in [-0.4, -0.2) is 38.8 Å². The molecular formula is C26H31NO6. The van der Waals surface area contributed by atoms with Crippen LogP contribution < -0.4 is 19.5 Å². The number of rotatable bonds is 9. The number of hydrogen-bond acceptors (Lipinski definition) is 6. The van der Waals surface area contributed by atoms with E-state index in [2.05, 4.69) is 5.32 Å². The molecule has 0 unspecified atom stereocenters. The topological polar surface area (TPSA) is 83.1 Å². The summed E-state index contributed by atoms with van der Waals surface area (Å²) in [7, 11) is 3.14. The first-order valence-electron chi connectivity index (χ1n) is 11.4. The number of amides is 1. The van der Waals surface area contributed by atoms with Crippen LogP contribution in [0.25, 0.3) is 11.1 Å². The average molecular weight is 454 g/mol. The third-order valence-corrected chi connectivity index (χ3v) is 6.72. The van der Waals surface area contributed by atoms with Gasteiger partial charge in [0, 0.05) is 17.7 Å². The smallest absolute Gasteiger partial charge is 0.315 e. The predicted molar refractivity (Wildman–Crippen MR) is 124 cm³/mol. The van der Waals surface area contributed by atoms with Crippen molar-refractivity contribution in [1.29, 1.82) is 0 Å². The van der Waals surface area contributed by atoms with E-state index in [4.69, 9.17) is 18.9 Å². The van der Waals surface area contributed by atoms with Crippen molar-refractivity contribution in [2.24, 2.45) is 5.41 Å². The van der Waals surface area contributed by atoms with Crippen LogP contribution in [-0.2, 0) is 16.1 Å². The van der Waals surface area contributed by atoms with Crippen molar-refractivity contribution in [2.45, 2.75) is 52.2 Å². The minimum absolute atomic E-state index is 0.0629. The Hall–Kier alpha value is -3.22. The molecule has 2 aliphatic rings. The fourth-order valence-electron chi connectivity index (χ4n) is 4.28. The van der Waals surface area contributed by atoms with Crippen LogP contribution in [0.5, 0.6) is 17.2 Å². The highest BCUT2D eigenvalue weighted by molar-refractivity contribution is 5.99. The summed E-state index contributed by atoms with van der Waals surface area (Å²) < 4.78 is 23.2. The van der Waals surface area contributed by atoms with Crippen molar-refractivity contribution in [1.82, 2.24) is 5.32 Å². The maximum atomic E-state index is 12.9. The third kappa shape index (κ3) is 4.24. The zero-order chi connectivity index (χ0) is 23.6. The number of esters is 1. The molecule has 0 spiro atoms. The molecule has 4 rings (SSSR count). The third-order valence-electron chi connectivity index (χ3n) is 6.72. The highest BCUT2D eigenvalue weighted by Crippen LogP contribution is 2.48. The molecule has 1 N–H and O–H groups in total. The molecule has 1 aliphatic heterocycles. The summed E-state index contributed by atoms with van der Waals surface area (Å²) in [5.41, 5.74) is 2.67. The molecule has 1 amide bonds. The van der Waals surface area contributed by atoms with Gasteiger partial charge in [-0.2, -0.15) is 0 Å². The van der Waals surface area contributed by atoms with Gasteiger partial charge >= 0.3 is 5.97 Å². The number of benzene rings is 2. The van der Waals surface area contributed by atoms with Crippen molar-refractivity contribution < 1.29 is 28.5 Å². The van der Waals surface area contributed by atoms with Crippen molar-refractivity contribution in [3.8, 4) is 28.4 Å². The number of carbonyl (C=O) groups excluding carboxylic acids is 2. The second kappa shape index (κ2) is 9.33. The number of fused-ring (bicyclic) bond motifs is 1. The number of nitrogens with one attached hydrogen (secondary N) is 1. The van der Waals surface area contributed by atoms with E-state index in [9.17, 15) is 9.59 Å². The quantitative estimate of drug-likeness (QED) is 0.563. The summed E-state index contributed by atoms with van der Waals surface area (Å²) in [6, 6.07) is 9.44. The fourth-order valence-corrected chi connectivity index (χ4v) is 4.28. The van der Waals surface area contributed by atoms with Crippen molar-refractivity contribution in [3.05, 3.63) is 41.5 Å². The van der Waals surface area contributed by atoms with E-state index in [0.29, 0.717) is 29.4 Å². The molecule has 176 valence electrons. The summed E-state index contributed by atoms with van der Waals surface area (Å²) in [6.07, 6.45) is 3.08. The molecule has 33 heavy (non-hydrogen) atoms. The molecule has 1 aliphatic carbocycles. The number of methoxy groups -OCH3 is 2. The molecule has 0 aromatic heterocycles. The largest absolute Gasteiger partial charge is 0.493 e. The van der Waals surface area contributed by atoms with E-state index in [1.54, 1.807) is 14.2 Å². The molecule has 7 heteroatoms. The predicted octanol–water partition coefficient (Wildman–Crippen LogP) is 4.51. The van der Waals surface area contributed by atoms with Crippen LogP contribution >= 0.6 is 0 Å². The van der Waals surface area contributed by atoms with E-state index >= 15 is 0 Å². The Morgan fingerprint density at radius 3 is 2.48 bits per heavy atom. The Labute approximate surface area is 194 Å². The Kier molecular flexibility index (Phi) is 6.49.